The number of rotatable bonds is 11. The minimum atomic E-state index is -0.239. The van der Waals surface area contributed by atoms with Crippen molar-refractivity contribution in [3.63, 3.8) is 0 Å². The van der Waals surface area contributed by atoms with Gasteiger partial charge < -0.3 is 29.3 Å². The molecule has 2 heterocycles. The van der Waals surface area contributed by atoms with E-state index in [2.05, 4.69) is 16.8 Å². The van der Waals surface area contributed by atoms with Crippen molar-refractivity contribution < 1.29 is 23.8 Å². The molecule has 3 amide bonds. The molecule has 0 saturated carbocycles. The number of thiophene rings is 1. The molecule has 0 saturated heterocycles. The zero-order chi connectivity index (χ0) is 23.6. The van der Waals surface area contributed by atoms with Crippen molar-refractivity contribution in [3.05, 3.63) is 46.2 Å². The van der Waals surface area contributed by atoms with Crippen molar-refractivity contribution in [1.82, 2.24) is 15.1 Å². The van der Waals surface area contributed by atoms with Gasteiger partial charge in [0.05, 0.1) is 13.2 Å². The van der Waals surface area contributed by atoms with Crippen LogP contribution < -0.4 is 14.8 Å². The molecular formula is C24H33N3O5S. The number of carbonyl (C=O) groups excluding carboxylic acids is 2. The van der Waals surface area contributed by atoms with E-state index >= 15 is 0 Å². The quantitative estimate of drug-likeness (QED) is 0.505. The summed E-state index contributed by atoms with van der Waals surface area (Å²) >= 11 is 1.70. The van der Waals surface area contributed by atoms with Crippen LogP contribution in [-0.4, -0.2) is 75.4 Å². The van der Waals surface area contributed by atoms with Crippen LogP contribution in [0.2, 0.25) is 0 Å². The Kier molecular flexibility index (Phi) is 9.38. The Bertz CT molecular complexity index is 919. The predicted octanol–water partition coefficient (Wildman–Crippen LogP) is 3.33. The van der Waals surface area contributed by atoms with E-state index in [0.717, 1.165) is 12.0 Å². The Morgan fingerprint density at radius 3 is 2.73 bits per heavy atom. The number of methoxy groups -OCH3 is 2. The largest absolute Gasteiger partial charge is 0.493 e. The number of para-hydroxylation sites is 2. The fourth-order valence-electron chi connectivity index (χ4n) is 3.95. The van der Waals surface area contributed by atoms with E-state index < -0.39 is 0 Å². The van der Waals surface area contributed by atoms with E-state index in [1.54, 1.807) is 30.5 Å². The molecule has 2 aromatic rings. The van der Waals surface area contributed by atoms with E-state index in [1.807, 2.05) is 36.1 Å². The molecule has 33 heavy (non-hydrogen) atoms. The minimum Gasteiger partial charge on any atom is -0.493 e. The number of ether oxygens (including phenoxy) is 3. The van der Waals surface area contributed by atoms with Gasteiger partial charge >= 0.3 is 6.03 Å². The number of benzene rings is 1. The summed E-state index contributed by atoms with van der Waals surface area (Å²) in [5, 5.41) is 4.86. The lowest BCUT2D eigenvalue weighted by Gasteiger charge is -2.37. The Morgan fingerprint density at radius 2 is 2.00 bits per heavy atom. The number of fused-ring (bicyclic) bond motifs is 1. The van der Waals surface area contributed by atoms with Crippen molar-refractivity contribution in [2.45, 2.75) is 25.8 Å². The van der Waals surface area contributed by atoms with Crippen LogP contribution in [0.1, 0.15) is 29.8 Å². The van der Waals surface area contributed by atoms with E-state index in [1.165, 1.54) is 4.88 Å². The van der Waals surface area contributed by atoms with E-state index in [-0.39, 0.29) is 24.5 Å². The number of urea groups is 1. The molecule has 1 atom stereocenters. The summed E-state index contributed by atoms with van der Waals surface area (Å²) in [7, 11) is 3.23. The normalized spacial score (nSPS) is 15.0. The topological polar surface area (TPSA) is 80.3 Å². The summed E-state index contributed by atoms with van der Waals surface area (Å²) in [6.07, 6.45) is 1.46. The molecule has 1 aromatic carbocycles. The number of hydrogen-bond donors (Lipinski definition) is 1. The molecule has 1 aliphatic rings. The zero-order valence-corrected chi connectivity index (χ0v) is 20.4. The standard InChI is InChI=1S/C24H33N3O5S/c1-4-25-24(29)26(12-7-14-30-2)16-23(28)27-13-10-22-18(11-15-33-22)19(27)17-32-21-9-6-5-8-20(21)31-3/h5-6,8-9,11,15,19H,4,7,10,12-14,16-17H2,1-3H3,(H,25,29)/t19-/m0/s1. The van der Waals surface area contributed by atoms with Gasteiger partial charge in [0.25, 0.3) is 0 Å². The van der Waals surface area contributed by atoms with Gasteiger partial charge in [-0.25, -0.2) is 4.79 Å². The molecule has 1 aromatic heterocycles. The van der Waals surface area contributed by atoms with Gasteiger partial charge in [-0.2, -0.15) is 0 Å². The Labute approximate surface area is 199 Å². The van der Waals surface area contributed by atoms with Crippen molar-refractivity contribution in [3.8, 4) is 11.5 Å². The molecule has 1 N–H and O–H groups in total. The molecule has 0 fully saturated rings. The smallest absolute Gasteiger partial charge is 0.317 e. The van der Waals surface area contributed by atoms with Gasteiger partial charge in [0.1, 0.15) is 13.2 Å². The van der Waals surface area contributed by atoms with Crippen LogP contribution in [0.15, 0.2) is 35.7 Å². The number of hydrogen-bond acceptors (Lipinski definition) is 6. The first-order valence-corrected chi connectivity index (χ1v) is 12.1. The SMILES string of the molecule is CCNC(=O)N(CCCOC)CC(=O)N1CCc2sccc2[C@@H]1COc1ccccc1OC. The Balaban J connectivity index is 1.75. The van der Waals surface area contributed by atoms with Crippen molar-refractivity contribution in [2.24, 2.45) is 0 Å². The Morgan fingerprint density at radius 1 is 1.21 bits per heavy atom. The lowest BCUT2D eigenvalue weighted by atomic mass is 10.0. The number of carbonyl (C=O) groups is 2. The van der Waals surface area contributed by atoms with Crippen LogP contribution >= 0.6 is 11.3 Å². The van der Waals surface area contributed by atoms with Crippen molar-refractivity contribution >= 4 is 23.3 Å². The summed E-state index contributed by atoms with van der Waals surface area (Å²) in [4.78, 5) is 30.6. The third-order valence-electron chi connectivity index (χ3n) is 5.60. The third kappa shape index (κ3) is 6.39. The second-order valence-corrected chi connectivity index (χ2v) is 8.72. The molecule has 0 spiro atoms. The number of nitrogens with zero attached hydrogens (tertiary/aromatic N) is 2. The molecule has 180 valence electrons. The van der Waals surface area contributed by atoms with Gasteiger partial charge in [-0.05, 0) is 48.9 Å². The first-order chi connectivity index (χ1) is 16.1. The highest BCUT2D eigenvalue weighted by atomic mass is 32.1. The van der Waals surface area contributed by atoms with Crippen LogP contribution in [0.4, 0.5) is 4.79 Å². The number of amides is 3. The molecular weight excluding hydrogens is 442 g/mol. The first-order valence-electron chi connectivity index (χ1n) is 11.2. The molecule has 1 aliphatic heterocycles. The summed E-state index contributed by atoms with van der Waals surface area (Å²) in [5.74, 6) is 1.19. The maximum absolute atomic E-state index is 13.4. The van der Waals surface area contributed by atoms with Crippen LogP contribution in [0.5, 0.6) is 11.5 Å². The highest BCUT2D eigenvalue weighted by Gasteiger charge is 2.33. The van der Waals surface area contributed by atoms with Gasteiger partial charge in [-0.3, -0.25) is 4.79 Å². The van der Waals surface area contributed by atoms with Gasteiger partial charge in [-0.15, -0.1) is 11.3 Å². The lowest BCUT2D eigenvalue weighted by molar-refractivity contribution is -0.135. The van der Waals surface area contributed by atoms with Gasteiger partial charge in [0.2, 0.25) is 5.91 Å². The van der Waals surface area contributed by atoms with Crippen molar-refractivity contribution in [2.75, 3.05) is 53.6 Å². The average Bonchev–Trinajstić information content (AvgIpc) is 3.31. The second-order valence-electron chi connectivity index (χ2n) is 7.72. The molecule has 3 rings (SSSR count). The highest BCUT2D eigenvalue weighted by molar-refractivity contribution is 7.10. The maximum atomic E-state index is 13.4. The van der Waals surface area contributed by atoms with E-state index in [0.29, 0.717) is 50.8 Å². The first kappa shape index (κ1) is 24.9. The molecule has 8 nitrogen and oxygen atoms in total. The van der Waals surface area contributed by atoms with Crippen LogP contribution in [-0.2, 0) is 16.0 Å². The molecule has 0 aliphatic carbocycles. The number of nitrogens with one attached hydrogen (secondary N) is 1. The predicted molar refractivity (Wildman–Crippen MR) is 128 cm³/mol. The fraction of sp³-hybridized carbons (Fsp3) is 0.500. The van der Waals surface area contributed by atoms with Gasteiger partial charge in [-0.1, -0.05) is 12.1 Å². The summed E-state index contributed by atoms with van der Waals surface area (Å²) in [6.45, 7) is 4.26. The summed E-state index contributed by atoms with van der Waals surface area (Å²) in [6, 6.07) is 9.08. The van der Waals surface area contributed by atoms with Crippen molar-refractivity contribution in [1.29, 1.82) is 0 Å². The molecule has 0 unspecified atom stereocenters. The molecule has 0 bridgehead atoms. The third-order valence-corrected chi connectivity index (χ3v) is 6.60. The van der Waals surface area contributed by atoms with Crippen LogP contribution in [0, 0.1) is 0 Å². The highest BCUT2D eigenvalue weighted by Crippen LogP contribution is 2.35. The van der Waals surface area contributed by atoms with Crippen LogP contribution in [0.25, 0.3) is 0 Å². The summed E-state index contributed by atoms with van der Waals surface area (Å²) < 4.78 is 16.6. The molecule has 9 heteroatoms. The van der Waals surface area contributed by atoms with Gasteiger partial charge in [0, 0.05) is 38.2 Å². The lowest BCUT2D eigenvalue weighted by Crippen LogP contribution is -2.50. The average molecular weight is 476 g/mol. The van der Waals surface area contributed by atoms with Crippen LogP contribution in [0.3, 0.4) is 0 Å². The zero-order valence-electron chi connectivity index (χ0n) is 19.5. The van der Waals surface area contributed by atoms with E-state index in [4.69, 9.17) is 14.2 Å². The second kappa shape index (κ2) is 12.5. The van der Waals surface area contributed by atoms with Gasteiger partial charge in [0.15, 0.2) is 11.5 Å². The maximum Gasteiger partial charge on any atom is 0.317 e. The molecule has 0 radical (unpaired) electrons. The summed E-state index contributed by atoms with van der Waals surface area (Å²) in [5.41, 5.74) is 1.11. The van der Waals surface area contributed by atoms with E-state index in [9.17, 15) is 9.59 Å². The Hall–Kier alpha value is -2.78. The fourth-order valence-corrected chi connectivity index (χ4v) is 4.88. The minimum absolute atomic E-state index is 0.0141. The monoisotopic (exact) mass is 475 g/mol.